The van der Waals surface area contributed by atoms with Gasteiger partial charge in [-0.15, -0.1) is 0 Å². The molecule has 4 atom stereocenters. The van der Waals surface area contributed by atoms with Crippen LogP contribution in [0.25, 0.3) is 0 Å². The number of hydrogen-bond acceptors (Lipinski definition) is 3. The van der Waals surface area contributed by atoms with Gasteiger partial charge in [-0.05, 0) is 48.4 Å². The molecule has 2 fully saturated rings. The first-order valence-corrected chi connectivity index (χ1v) is 14.8. The second kappa shape index (κ2) is 10.3. The van der Waals surface area contributed by atoms with Gasteiger partial charge in [0.1, 0.15) is 26.3 Å². The second-order valence-corrected chi connectivity index (χ2v) is 15.4. The van der Waals surface area contributed by atoms with Gasteiger partial charge in [0.15, 0.2) is 0 Å². The first kappa shape index (κ1) is 24.3. The molecule has 0 aromatic heterocycles. The van der Waals surface area contributed by atoms with Gasteiger partial charge >= 0.3 is 0 Å². The molecular weight excluding hydrogens is 448 g/mol. The molecule has 0 bridgehead atoms. The Kier molecular flexibility index (Phi) is 7.15. The molecular formula is C31H38O3Si. The van der Waals surface area contributed by atoms with Crippen LogP contribution in [-0.2, 0) is 16.2 Å². The lowest BCUT2D eigenvalue weighted by molar-refractivity contribution is -0.319. The van der Waals surface area contributed by atoms with Gasteiger partial charge in [-0.1, -0.05) is 104 Å². The summed E-state index contributed by atoms with van der Waals surface area (Å²) in [5.74, 6) is 1.37. The van der Waals surface area contributed by atoms with E-state index in [-0.39, 0.29) is 16.7 Å². The lowest BCUT2D eigenvalue weighted by Gasteiger charge is -2.40. The van der Waals surface area contributed by atoms with Crippen molar-refractivity contribution in [3.63, 3.8) is 0 Å². The molecule has 1 saturated carbocycles. The van der Waals surface area contributed by atoms with E-state index in [1.165, 1.54) is 15.9 Å². The Balaban J connectivity index is 1.34. The van der Waals surface area contributed by atoms with Crippen LogP contribution in [0.3, 0.4) is 0 Å². The van der Waals surface area contributed by atoms with E-state index in [9.17, 15) is 0 Å². The van der Waals surface area contributed by atoms with E-state index < -0.39 is 8.80 Å². The van der Waals surface area contributed by atoms with Crippen LogP contribution in [0, 0.1) is 5.92 Å². The molecule has 4 heteroatoms. The van der Waals surface area contributed by atoms with Gasteiger partial charge in [-0.3, -0.25) is 0 Å². The standard InChI is InChI=1S/C31H38O3Si/c1-30(2,3)35(27-12-8-5-9-13-27)28-16-14-26(15-17-28)33-29-18-19-31(20-21-32-34-31)23-25(29)22-24-10-6-4-7-11-24/h4-17,25,29,35H,18-23H2,1-3H3/t25-,29-,31?,35?/m0/s1. The molecule has 0 amide bonds. The SMILES string of the molecule is CC(C)(C)[SiH](c1ccccc1)c1ccc(O[C@H]2CCC3(CCOO3)C[C@@H]2Cc2ccccc2)cc1. The number of benzene rings is 3. The fourth-order valence-electron chi connectivity index (χ4n) is 6.12. The molecule has 1 saturated heterocycles. The topological polar surface area (TPSA) is 27.7 Å². The van der Waals surface area contributed by atoms with Gasteiger partial charge in [0.25, 0.3) is 0 Å². The zero-order chi connectivity index (χ0) is 24.3. The van der Waals surface area contributed by atoms with Gasteiger partial charge in [0.05, 0.1) is 6.61 Å². The van der Waals surface area contributed by atoms with Gasteiger partial charge in [0.2, 0.25) is 0 Å². The Morgan fingerprint density at radius 3 is 2.14 bits per heavy atom. The molecule has 1 heterocycles. The van der Waals surface area contributed by atoms with Crippen molar-refractivity contribution in [2.45, 2.75) is 69.6 Å². The van der Waals surface area contributed by atoms with E-state index in [0.717, 1.165) is 37.9 Å². The zero-order valence-corrected chi connectivity index (χ0v) is 22.4. The predicted molar refractivity (Wildman–Crippen MR) is 145 cm³/mol. The average Bonchev–Trinajstić information content (AvgIpc) is 3.30. The lowest BCUT2D eigenvalue weighted by Crippen LogP contribution is -2.48. The summed E-state index contributed by atoms with van der Waals surface area (Å²) in [7, 11) is -1.37. The molecule has 2 aliphatic rings. The lowest BCUT2D eigenvalue weighted by atomic mass is 9.73. The van der Waals surface area contributed by atoms with Crippen LogP contribution in [0.2, 0.25) is 5.04 Å². The van der Waals surface area contributed by atoms with Crippen LogP contribution < -0.4 is 15.1 Å². The Morgan fingerprint density at radius 1 is 0.857 bits per heavy atom. The normalized spacial score (nSPS) is 25.5. The maximum atomic E-state index is 6.69. The maximum absolute atomic E-state index is 6.69. The minimum absolute atomic E-state index is 0.135. The minimum atomic E-state index is -1.37. The van der Waals surface area contributed by atoms with Crippen LogP contribution >= 0.6 is 0 Å². The third kappa shape index (κ3) is 5.71. The van der Waals surface area contributed by atoms with Crippen molar-refractivity contribution in [3.05, 3.63) is 90.5 Å². The Morgan fingerprint density at radius 2 is 1.51 bits per heavy atom. The zero-order valence-electron chi connectivity index (χ0n) is 21.3. The van der Waals surface area contributed by atoms with Crippen molar-refractivity contribution in [1.82, 2.24) is 0 Å². The molecule has 1 aliphatic carbocycles. The van der Waals surface area contributed by atoms with Gasteiger partial charge in [-0.25, -0.2) is 9.78 Å². The molecule has 3 aromatic rings. The van der Waals surface area contributed by atoms with Gasteiger partial charge in [0, 0.05) is 12.3 Å². The Hall–Kier alpha value is -2.40. The predicted octanol–water partition coefficient (Wildman–Crippen LogP) is 5.71. The summed E-state index contributed by atoms with van der Waals surface area (Å²) in [5.41, 5.74) is 1.23. The molecule has 35 heavy (non-hydrogen) atoms. The summed E-state index contributed by atoms with van der Waals surface area (Å²) in [6.07, 6.45) is 5.14. The van der Waals surface area contributed by atoms with Crippen LogP contribution in [0.4, 0.5) is 0 Å². The number of hydrogen-bond donors (Lipinski definition) is 0. The molecule has 2 unspecified atom stereocenters. The quantitative estimate of drug-likeness (QED) is 0.330. The molecule has 0 radical (unpaired) electrons. The fraction of sp³-hybridized carbons (Fsp3) is 0.419. The summed E-state index contributed by atoms with van der Waals surface area (Å²) in [6.45, 7) is 7.83. The first-order valence-electron chi connectivity index (χ1n) is 13.1. The molecule has 1 aliphatic heterocycles. The van der Waals surface area contributed by atoms with Crippen LogP contribution in [-0.4, -0.2) is 27.1 Å². The molecule has 1 spiro atoms. The smallest absolute Gasteiger partial charge is 0.119 e. The molecule has 0 N–H and O–H groups in total. The number of ether oxygens (including phenoxy) is 1. The average molecular weight is 487 g/mol. The molecule has 3 nitrogen and oxygen atoms in total. The highest BCUT2D eigenvalue weighted by Crippen LogP contribution is 2.43. The van der Waals surface area contributed by atoms with Crippen LogP contribution in [0.15, 0.2) is 84.9 Å². The van der Waals surface area contributed by atoms with Crippen LogP contribution in [0.1, 0.15) is 52.0 Å². The summed E-state index contributed by atoms with van der Waals surface area (Å²) < 4.78 is 6.69. The Bertz CT molecular complexity index is 1070. The van der Waals surface area contributed by atoms with E-state index in [2.05, 4.69) is 106 Å². The van der Waals surface area contributed by atoms with Gasteiger partial charge < -0.3 is 4.74 Å². The van der Waals surface area contributed by atoms with Crippen molar-refractivity contribution < 1.29 is 14.5 Å². The highest BCUT2D eigenvalue weighted by molar-refractivity contribution is 6.87. The van der Waals surface area contributed by atoms with Crippen molar-refractivity contribution >= 4 is 19.2 Å². The van der Waals surface area contributed by atoms with E-state index in [0.29, 0.717) is 12.5 Å². The fourth-order valence-corrected chi connectivity index (χ4v) is 9.69. The van der Waals surface area contributed by atoms with Crippen LogP contribution in [0.5, 0.6) is 5.75 Å². The van der Waals surface area contributed by atoms with Crippen molar-refractivity contribution in [1.29, 1.82) is 0 Å². The third-order valence-electron chi connectivity index (χ3n) is 7.76. The van der Waals surface area contributed by atoms with E-state index >= 15 is 0 Å². The summed E-state index contributed by atoms with van der Waals surface area (Å²) in [5, 5.41) is 3.22. The largest absolute Gasteiger partial charge is 0.490 e. The summed E-state index contributed by atoms with van der Waals surface area (Å²) >= 11 is 0. The molecule has 3 aromatic carbocycles. The Labute approximate surface area is 212 Å². The maximum Gasteiger partial charge on any atom is 0.119 e. The molecule has 5 rings (SSSR count). The third-order valence-corrected chi connectivity index (χ3v) is 11.6. The van der Waals surface area contributed by atoms with Crippen molar-refractivity contribution in [3.8, 4) is 5.75 Å². The summed E-state index contributed by atoms with van der Waals surface area (Å²) in [6, 6.07) is 30.8. The molecule has 184 valence electrons. The highest BCUT2D eigenvalue weighted by Gasteiger charge is 2.46. The minimum Gasteiger partial charge on any atom is -0.490 e. The second-order valence-electron chi connectivity index (χ2n) is 11.5. The van der Waals surface area contributed by atoms with Crippen molar-refractivity contribution in [2.24, 2.45) is 5.92 Å². The van der Waals surface area contributed by atoms with E-state index in [1.54, 1.807) is 0 Å². The van der Waals surface area contributed by atoms with E-state index in [1.807, 2.05) is 0 Å². The summed E-state index contributed by atoms with van der Waals surface area (Å²) in [4.78, 5) is 11.2. The van der Waals surface area contributed by atoms with E-state index in [4.69, 9.17) is 14.5 Å². The van der Waals surface area contributed by atoms with Crippen molar-refractivity contribution in [2.75, 3.05) is 6.61 Å². The number of rotatable bonds is 6. The van der Waals surface area contributed by atoms with Gasteiger partial charge in [-0.2, -0.15) is 0 Å². The first-order chi connectivity index (χ1) is 16.9. The highest BCUT2D eigenvalue weighted by atomic mass is 28.3. The monoisotopic (exact) mass is 486 g/mol.